The molecule has 1 unspecified atom stereocenters. The average molecular weight is 185 g/mol. The number of aliphatic carboxylic acids is 1. The molecule has 10 heavy (non-hydrogen) atoms. The molecule has 0 aromatic rings. The minimum atomic E-state index is -0.677. The molecule has 61 valence electrons. The molecule has 0 aromatic heterocycles. The number of rotatable bonds is 4. The Hall–Kier alpha value is -0.0105. The van der Waals surface area contributed by atoms with Crippen LogP contribution in [0.2, 0.25) is 0 Å². The van der Waals surface area contributed by atoms with Crippen LogP contribution in [0.1, 0.15) is 33.1 Å². The smallest absolute Gasteiger partial charge is 0.306 e. The maximum absolute atomic E-state index is 10.2. The van der Waals surface area contributed by atoms with Gasteiger partial charge in [-0.25, -0.2) is 0 Å². The van der Waals surface area contributed by atoms with Crippen LogP contribution in [-0.2, 0) is 21.9 Å². The molecule has 0 spiro atoms. The fourth-order valence-corrected chi connectivity index (χ4v) is 0.634. The van der Waals surface area contributed by atoms with Gasteiger partial charge in [0.1, 0.15) is 0 Å². The molecule has 0 aromatic carbocycles. The Morgan fingerprint density at radius 2 is 2.10 bits per heavy atom. The van der Waals surface area contributed by atoms with Gasteiger partial charge in [-0.3, -0.25) is 4.79 Å². The van der Waals surface area contributed by atoms with E-state index in [-0.39, 0.29) is 23.0 Å². The van der Waals surface area contributed by atoms with Crippen molar-refractivity contribution in [3.63, 3.8) is 0 Å². The monoisotopic (exact) mass is 185 g/mol. The molecule has 1 radical (unpaired) electrons. The second kappa shape index (κ2) is 7.10. The van der Waals surface area contributed by atoms with Gasteiger partial charge in [0.05, 0.1) is 5.92 Å². The zero-order valence-corrected chi connectivity index (χ0v) is 7.61. The van der Waals surface area contributed by atoms with Gasteiger partial charge in [0, 0.05) is 17.1 Å². The molecule has 0 rings (SSSR count). The summed E-state index contributed by atoms with van der Waals surface area (Å²) in [5.74, 6) is -0.839. The third kappa shape index (κ3) is 6.11. The Bertz CT molecular complexity index is 93.6. The van der Waals surface area contributed by atoms with Crippen molar-refractivity contribution >= 4 is 5.97 Å². The number of hydrogen-bond acceptors (Lipinski definition) is 1. The summed E-state index contributed by atoms with van der Waals surface area (Å²) in [6.07, 6.45) is 2.91. The quantitative estimate of drug-likeness (QED) is 0.679. The van der Waals surface area contributed by atoms with Gasteiger partial charge in [0.2, 0.25) is 0 Å². The number of unbranched alkanes of at least 4 members (excludes halogenated alkanes) is 1. The third-order valence-electron chi connectivity index (χ3n) is 1.41. The van der Waals surface area contributed by atoms with E-state index in [9.17, 15) is 4.79 Å². The first-order chi connectivity index (χ1) is 4.18. The van der Waals surface area contributed by atoms with Crippen molar-refractivity contribution in [3.8, 4) is 0 Å². The van der Waals surface area contributed by atoms with Gasteiger partial charge in [-0.1, -0.05) is 26.7 Å². The van der Waals surface area contributed by atoms with Crippen LogP contribution in [-0.4, -0.2) is 11.1 Å². The fourth-order valence-electron chi connectivity index (χ4n) is 0.634. The van der Waals surface area contributed by atoms with Gasteiger partial charge in [0.25, 0.3) is 0 Å². The Balaban J connectivity index is 0. The largest absolute Gasteiger partial charge is 0.481 e. The first-order valence-corrected chi connectivity index (χ1v) is 3.41. The van der Waals surface area contributed by atoms with E-state index in [2.05, 4.69) is 6.92 Å². The zero-order valence-electron chi connectivity index (χ0n) is 6.43. The number of hydrogen-bond donors (Lipinski definition) is 1. The molecule has 0 fully saturated rings. The first-order valence-electron chi connectivity index (χ1n) is 3.41. The van der Waals surface area contributed by atoms with E-state index in [4.69, 9.17) is 5.11 Å². The van der Waals surface area contributed by atoms with Crippen molar-refractivity contribution in [2.75, 3.05) is 0 Å². The van der Waals surface area contributed by atoms with E-state index in [1.807, 2.05) is 0 Å². The number of carbonyl (C=O) groups is 1. The van der Waals surface area contributed by atoms with Crippen LogP contribution in [0.3, 0.4) is 0 Å². The molecule has 0 aliphatic carbocycles. The molecule has 0 saturated heterocycles. The Kier molecular flexibility index (Phi) is 8.98. The summed E-state index contributed by atoms with van der Waals surface area (Å²) in [7, 11) is 0. The molecular weight excluding hydrogens is 171 g/mol. The summed E-state index contributed by atoms with van der Waals surface area (Å²) in [4.78, 5) is 10.2. The van der Waals surface area contributed by atoms with Gasteiger partial charge >= 0.3 is 5.97 Å². The minimum Gasteiger partial charge on any atom is -0.481 e. The van der Waals surface area contributed by atoms with E-state index in [0.717, 1.165) is 19.3 Å². The molecule has 3 heteroatoms. The summed E-state index contributed by atoms with van der Waals surface area (Å²) in [5.41, 5.74) is 0. The normalized spacial score (nSPS) is 11.8. The molecule has 0 saturated carbocycles. The minimum absolute atomic E-state index is 0. The molecular formula is C7H14MnO2. The van der Waals surface area contributed by atoms with Crippen molar-refractivity contribution in [2.45, 2.75) is 33.1 Å². The van der Waals surface area contributed by atoms with Crippen LogP contribution in [0.4, 0.5) is 0 Å². The second-order valence-corrected chi connectivity index (χ2v) is 2.38. The second-order valence-electron chi connectivity index (χ2n) is 2.38. The predicted octanol–water partition coefficient (Wildman–Crippen LogP) is 1.89. The van der Waals surface area contributed by atoms with Crippen molar-refractivity contribution in [1.29, 1.82) is 0 Å². The van der Waals surface area contributed by atoms with Crippen LogP contribution in [0.5, 0.6) is 0 Å². The molecule has 1 N–H and O–H groups in total. The summed E-state index contributed by atoms with van der Waals surface area (Å²) in [5, 5.41) is 8.41. The fraction of sp³-hybridized carbons (Fsp3) is 0.857. The van der Waals surface area contributed by atoms with Gasteiger partial charge in [-0.2, -0.15) is 0 Å². The van der Waals surface area contributed by atoms with Crippen LogP contribution in [0, 0.1) is 5.92 Å². The molecule has 0 aliphatic rings. The summed E-state index contributed by atoms with van der Waals surface area (Å²) in [6, 6.07) is 0. The van der Waals surface area contributed by atoms with E-state index < -0.39 is 5.97 Å². The van der Waals surface area contributed by atoms with Crippen molar-refractivity contribution < 1.29 is 27.0 Å². The number of carboxylic acids is 1. The van der Waals surface area contributed by atoms with Gasteiger partial charge in [-0.15, -0.1) is 0 Å². The molecule has 0 amide bonds. The Morgan fingerprint density at radius 3 is 2.40 bits per heavy atom. The first kappa shape index (κ1) is 12.6. The van der Waals surface area contributed by atoms with E-state index in [1.54, 1.807) is 6.92 Å². The van der Waals surface area contributed by atoms with Crippen LogP contribution in [0.25, 0.3) is 0 Å². The third-order valence-corrected chi connectivity index (χ3v) is 1.41. The zero-order chi connectivity index (χ0) is 7.28. The summed E-state index contributed by atoms with van der Waals surface area (Å²) in [6.45, 7) is 3.81. The Labute approximate surface area is 72.5 Å². The average Bonchev–Trinajstić information content (AvgIpc) is 1.82. The predicted molar refractivity (Wildman–Crippen MR) is 36.3 cm³/mol. The summed E-state index contributed by atoms with van der Waals surface area (Å²) >= 11 is 0. The summed E-state index contributed by atoms with van der Waals surface area (Å²) < 4.78 is 0. The molecule has 0 bridgehead atoms. The molecule has 0 aliphatic heterocycles. The maximum atomic E-state index is 10.2. The standard InChI is InChI=1S/C7H14O2.Mn/c1-3-4-5-6(2)7(8)9;/h6H,3-5H2,1-2H3,(H,8,9);. The molecule has 1 atom stereocenters. The van der Waals surface area contributed by atoms with Crippen molar-refractivity contribution in [1.82, 2.24) is 0 Å². The van der Waals surface area contributed by atoms with Gasteiger partial charge in [0.15, 0.2) is 0 Å². The molecule has 0 heterocycles. The van der Waals surface area contributed by atoms with Gasteiger partial charge < -0.3 is 5.11 Å². The SMILES string of the molecule is CCCCC(C)C(=O)O.[Mn]. The topological polar surface area (TPSA) is 37.3 Å². The van der Waals surface area contributed by atoms with Crippen LogP contribution in [0.15, 0.2) is 0 Å². The van der Waals surface area contributed by atoms with Crippen molar-refractivity contribution in [3.05, 3.63) is 0 Å². The van der Waals surface area contributed by atoms with E-state index in [0.29, 0.717) is 0 Å². The molecule has 2 nitrogen and oxygen atoms in total. The van der Waals surface area contributed by atoms with E-state index in [1.165, 1.54) is 0 Å². The maximum Gasteiger partial charge on any atom is 0.306 e. The Morgan fingerprint density at radius 1 is 1.60 bits per heavy atom. The van der Waals surface area contributed by atoms with Gasteiger partial charge in [-0.05, 0) is 6.42 Å². The number of carboxylic acid groups (broad SMARTS) is 1. The van der Waals surface area contributed by atoms with E-state index >= 15 is 0 Å². The van der Waals surface area contributed by atoms with Crippen LogP contribution >= 0.6 is 0 Å². The van der Waals surface area contributed by atoms with Crippen molar-refractivity contribution in [2.24, 2.45) is 5.92 Å². The van der Waals surface area contributed by atoms with Crippen LogP contribution < -0.4 is 0 Å².